The van der Waals surface area contributed by atoms with E-state index in [0.717, 1.165) is 34.3 Å². The summed E-state index contributed by atoms with van der Waals surface area (Å²) >= 11 is 1.58. The molecule has 1 aliphatic heterocycles. The van der Waals surface area contributed by atoms with Crippen LogP contribution in [0, 0.1) is 0 Å². The summed E-state index contributed by atoms with van der Waals surface area (Å²) < 4.78 is 11.3. The van der Waals surface area contributed by atoms with Crippen LogP contribution in [0.1, 0.15) is 6.42 Å². The van der Waals surface area contributed by atoms with Crippen molar-refractivity contribution >= 4 is 16.5 Å². The van der Waals surface area contributed by atoms with E-state index < -0.39 is 0 Å². The number of rotatable bonds is 4. The van der Waals surface area contributed by atoms with Gasteiger partial charge < -0.3 is 14.8 Å². The molecule has 3 rings (SSSR count). The van der Waals surface area contributed by atoms with Crippen LogP contribution in [0.25, 0.3) is 11.3 Å². The van der Waals surface area contributed by atoms with Crippen molar-refractivity contribution in [1.82, 2.24) is 4.98 Å². The number of nitrogens with one attached hydrogen (secondary N) is 1. The summed E-state index contributed by atoms with van der Waals surface area (Å²) in [5.41, 5.74) is 1.98. The zero-order valence-electron chi connectivity index (χ0n) is 11.1. The van der Waals surface area contributed by atoms with Crippen LogP contribution in [0.5, 0.6) is 11.5 Å². The lowest BCUT2D eigenvalue weighted by Gasteiger charge is -2.08. The topological polar surface area (TPSA) is 43.4 Å². The third-order valence-electron chi connectivity index (χ3n) is 2.95. The molecule has 0 radical (unpaired) electrons. The standard InChI is InChI=1S/C15H16N2O2S/c1-2-6-16-15-17-12(10-20-15)11-4-5-13-14(9-11)19-8-3-7-18-13/h2,4-5,9-10H,1,3,6-8H2,(H,16,17). The second-order valence-electron chi connectivity index (χ2n) is 4.42. The molecule has 2 heterocycles. The minimum absolute atomic E-state index is 0.694. The van der Waals surface area contributed by atoms with E-state index in [2.05, 4.69) is 16.9 Å². The molecule has 0 spiro atoms. The number of hydrogen-bond acceptors (Lipinski definition) is 5. The Hall–Kier alpha value is -2.01. The van der Waals surface area contributed by atoms with E-state index in [1.54, 1.807) is 11.3 Å². The maximum absolute atomic E-state index is 5.70. The molecule has 0 aliphatic carbocycles. The van der Waals surface area contributed by atoms with E-state index in [-0.39, 0.29) is 0 Å². The number of aromatic nitrogens is 1. The van der Waals surface area contributed by atoms with E-state index in [4.69, 9.17) is 9.47 Å². The first-order valence-corrected chi connectivity index (χ1v) is 7.45. The summed E-state index contributed by atoms with van der Waals surface area (Å²) in [6.45, 7) is 5.80. The van der Waals surface area contributed by atoms with Crippen LogP contribution in [0.15, 0.2) is 36.2 Å². The molecule has 1 N–H and O–H groups in total. The number of thiazole rings is 1. The summed E-state index contributed by atoms with van der Waals surface area (Å²) in [6, 6.07) is 5.96. The molecule has 0 atom stereocenters. The molecule has 0 unspecified atom stereocenters. The highest BCUT2D eigenvalue weighted by molar-refractivity contribution is 7.14. The minimum Gasteiger partial charge on any atom is -0.490 e. The van der Waals surface area contributed by atoms with Crippen molar-refractivity contribution in [2.45, 2.75) is 6.42 Å². The largest absolute Gasteiger partial charge is 0.490 e. The predicted molar refractivity (Wildman–Crippen MR) is 81.8 cm³/mol. The molecule has 0 bridgehead atoms. The van der Waals surface area contributed by atoms with Crippen molar-refractivity contribution in [2.75, 3.05) is 25.1 Å². The van der Waals surface area contributed by atoms with Gasteiger partial charge in [0.05, 0.1) is 18.9 Å². The highest BCUT2D eigenvalue weighted by Gasteiger charge is 2.12. The lowest BCUT2D eigenvalue weighted by molar-refractivity contribution is 0.297. The molecule has 1 aromatic heterocycles. The van der Waals surface area contributed by atoms with Crippen LogP contribution in [-0.2, 0) is 0 Å². The third-order valence-corrected chi connectivity index (χ3v) is 3.75. The maximum Gasteiger partial charge on any atom is 0.183 e. The first kappa shape index (κ1) is 13.0. The van der Waals surface area contributed by atoms with E-state index in [9.17, 15) is 0 Å². The summed E-state index contributed by atoms with van der Waals surface area (Å²) in [6.07, 6.45) is 2.73. The van der Waals surface area contributed by atoms with Gasteiger partial charge in [0.15, 0.2) is 16.6 Å². The van der Waals surface area contributed by atoms with E-state index >= 15 is 0 Å². The van der Waals surface area contributed by atoms with Gasteiger partial charge in [-0.2, -0.15) is 0 Å². The van der Waals surface area contributed by atoms with Crippen LogP contribution < -0.4 is 14.8 Å². The zero-order chi connectivity index (χ0) is 13.8. The molecule has 1 aromatic carbocycles. The number of ether oxygens (including phenoxy) is 2. The molecule has 0 fully saturated rings. The van der Waals surface area contributed by atoms with Gasteiger partial charge in [-0.3, -0.25) is 0 Å². The minimum atomic E-state index is 0.694. The first-order chi connectivity index (χ1) is 9.86. The van der Waals surface area contributed by atoms with Gasteiger partial charge in [-0.25, -0.2) is 4.98 Å². The van der Waals surface area contributed by atoms with E-state index in [1.807, 2.05) is 29.7 Å². The van der Waals surface area contributed by atoms with Crippen molar-refractivity contribution in [3.63, 3.8) is 0 Å². The Morgan fingerprint density at radius 3 is 3.00 bits per heavy atom. The average molecular weight is 288 g/mol. The summed E-state index contributed by atoms with van der Waals surface area (Å²) in [4.78, 5) is 4.55. The molecular formula is C15H16N2O2S. The van der Waals surface area contributed by atoms with Gasteiger partial charge in [0.25, 0.3) is 0 Å². The van der Waals surface area contributed by atoms with Crippen LogP contribution >= 0.6 is 11.3 Å². The van der Waals surface area contributed by atoms with Gasteiger partial charge in [-0.15, -0.1) is 17.9 Å². The number of nitrogens with zero attached hydrogens (tertiary/aromatic N) is 1. The molecule has 2 aromatic rings. The molecule has 5 heteroatoms. The van der Waals surface area contributed by atoms with Gasteiger partial charge in [-0.05, 0) is 18.2 Å². The SMILES string of the molecule is C=CCNc1nc(-c2ccc3c(c2)OCCCO3)cs1. The van der Waals surface area contributed by atoms with Crippen molar-refractivity contribution in [3.05, 3.63) is 36.2 Å². The fourth-order valence-electron chi connectivity index (χ4n) is 1.97. The van der Waals surface area contributed by atoms with Crippen LogP contribution in [0.2, 0.25) is 0 Å². The average Bonchev–Trinajstić information content (AvgIpc) is 2.82. The van der Waals surface area contributed by atoms with Crippen molar-refractivity contribution in [2.24, 2.45) is 0 Å². The Kier molecular flexibility index (Phi) is 3.87. The zero-order valence-corrected chi connectivity index (χ0v) is 11.9. The summed E-state index contributed by atoms with van der Waals surface area (Å²) in [5.74, 6) is 1.61. The number of benzene rings is 1. The van der Waals surface area contributed by atoms with E-state index in [0.29, 0.717) is 19.8 Å². The first-order valence-electron chi connectivity index (χ1n) is 6.57. The quantitative estimate of drug-likeness (QED) is 0.873. The predicted octanol–water partition coefficient (Wildman–Crippen LogP) is 3.57. The van der Waals surface area contributed by atoms with Gasteiger partial charge >= 0.3 is 0 Å². The molecule has 4 nitrogen and oxygen atoms in total. The maximum atomic E-state index is 5.70. The van der Waals surface area contributed by atoms with Crippen LogP contribution in [-0.4, -0.2) is 24.7 Å². The molecule has 0 saturated carbocycles. The Morgan fingerprint density at radius 2 is 2.15 bits per heavy atom. The fraction of sp³-hybridized carbons (Fsp3) is 0.267. The lowest BCUT2D eigenvalue weighted by Crippen LogP contribution is -1.97. The molecule has 0 amide bonds. The van der Waals surface area contributed by atoms with Gasteiger partial charge in [0, 0.05) is 23.9 Å². The molecular weight excluding hydrogens is 272 g/mol. The number of anilines is 1. The van der Waals surface area contributed by atoms with Gasteiger partial charge in [0.1, 0.15) is 0 Å². The normalized spacial score (nSPS) is 13.6. The van der Waals surface area contributed by atoms with Gasteiger partial charge in [-0.1, -0.05) is 6.08 Å². The highest BCUT2D eigenvalue weighted by atomic mass is 32.1. The van der Waals surface area contributed by atoms with Crippen molar-refractivity contribution in [1.29, 1.82) is 0 Å². The fourth-order valence-corrected chi connectivity index (χ4v) is 2.70. The second kappa shape index (κ2) is 5.96. The lowest BCUT2D eigenvalue weighted by atomic mass is 10.1. The van der Waals surface area contributed by atoms with Crippen LogP contribution in [0.4, 0.5) is 5.13 Å². The van der Waals surface area contributed by atoms with Gasteiger partial charge in [0.2, 0.25) is 0 Å². The van der Waals surface area contributed by atoms with Crippen molar-refractivity contribution in [3.8, 4) is 22.8 Å². The Morgan fingerprint density at radius 1 is 1.30 bits per heavy atom. The molecule has 20 heavy (non-hydrogen) atoms. The smallest absolute Gasteiger partial charge is 0.183 e. The Balaban J connectivity index is 1.84. The summed E-state index contributed by atoms with van der Waals surface area (Å²) in [7, 11) is 0. The monoisotopic (exact) mass is 288 g/mol. The third kappa shape index (κ3) is 2.77. The highest BCUT2D eigenvalue weighted by Crippen LogP contribution is 2.35. The second-order valence-corrected chi connectivity index (χ2v) is 5.28. The Bertz CT molecular complexity index is 610. The number of fused-ring (bicyclic) bond motifs is 1. The number of hydrogen-bond donors (Lipinski definition) is 1. The van der Waals surface area contributed by atoms with E-state index in [1.165, 1.54) is 0 Å². The molecule has 0 saturated heterocycles. The molecule has 104 valence electrons. The van der Waals surface area contributed by atoms with Crippen LogP contribution in [0.3, 0.4) is 0 Å². The van der Waals surface area contributed by atoms with Crippen molar-refractivity contribution < 1.29 is 9.47 Å². The summed E-state index contributed by atoms with van der Waals surface area (Å²) in [5, 5.41) is 6.12. The molecule has 1 aliphatic rings. The Labute approximate surface area is 122 Å².